The minimum Gasteiger partial charge on any atom is -0.506 e. The molecule has 2 atom stereocenters. The number of thiophene rings is 1. The number of aliphatic hydroxyl groups is 1. The lowest BCUT2D eigenvalue weighted by Gasteiger charge is -2.28. The monoisotopic (exact) mass is 375 g/mol. The van der Waals surface area contributed by atoms with Crippen molar-refractivity contribution in [1.29, 1.82) is 0 Å². The molecule has 138 valence electrons. The fraction of sp³-hybridized carbons (Fsp3) is 0.316. The number of para-hydroxylation sites is 2. The molecule has 0 bridgehead atoms. The largest absolute Gasteiger partial charge is 0.506 e. The van der Waals surface area contributed by atoms with Gasteiger partial charge in [-0.1, -0.05) is 18.2 Å². The molecule has 1 amide bonds. The van der Waals surface area contributed by atoms with Gasteiger partial charge in [-0.05, 0) is 36.1 Å². The maximum atomic E-state index is 12.6. The molecule has 26 heavy (non-hydrogen) atoms. The number of anilines is 1. The van der Waals surface area contributed by atoms with Gasteiger partial charge in [0.15, 0.2) is 5.76 Å². The number of phenols is 1. The highest BCUT2D eigenvalue weighted by atomic mass is 32.1. The molecule has 3 N–H and O–H groups in total. The third-order valence-electron chi connectivity index (χ3n) is 3.95. The number of phenolic OH excluding ortho intramolecular Hbond substituents is 1. The number of hydrogen-bond acceptors (Lipinski definition) is 6. The van der Waals surface area contributed by atoms with Crippen LogP contribution in [0, 0.1) is 0 Å². The molecular weight excluding hydrogens is 354 g/mol. The molecule has 2 heterocycles. The normalized spacial score (nSPS) is 19.5. The molecule has 1 aromatic carbocycles. The lowest BCUT2D eigenvalue weighted by atomic mass is 9.99. The van der Waals surface area contributed by atoms with E-state index in [1.807, 2.05) is 17.5 Å². The summed E-state index contributed by atoms with van der Waals surface area (Å²) in [5.74, 6) is -0.286. The van der Waals surface area contributed by atoms with E-state index in [-0.39, 0.29) is 24.0 Å². The van der Waals surface area contributed by atoms with Gasteiger partial charge in [0.2, 0.25) is 6.29 Å². The fourth-order valence-electron chi connectivity index (χ4n) is 2.66. The first-order chi connectivity index (χ1) is 12.7. The predicted octanol–water partition coefficient (Wildman–Crippen LogP) is 3.21. The molecule has 1 aromatic heterocycles. The van der Waals surface area contributed by atoms with Crippen LogP contribution >= 0.6 is 11.3 Å². The Bertz CT molecular complexity index is 759. The Balaban J connectivity index is 1.76. The molecule has 0 saturated carbocycles. The summed E-state index contributed by atoms with van der Waals surface area (Å²) in [5, 5.41) is 23.4. The average Bonchev–Trinajstić information content (AvgIpc) is 3.18. The lowest BCUT2D eigenvalue weighted by Crippen LogP contribution is -2.29. The highest BCUT2D eigenvalue weighted by molar-refractivity contribution is 7.10. The van der Waals surface area contributed by atoms with Gasteiger partial charge in [-0.25, -0.2) is 0 Å². The van der Waals surface area contributed by atoms with Gasteiger partial charge in [-0.3, -0.25) is 4.79 Å². The summed E-state index contributed by atoms with van der Waals surface area (Å²) >= 11 is 1.61. The highest BCUT2D eigenvalue weighted by Crippen LogP contribution is 2.34. The van der Waals surface area contributed by atoms with Crippen LogP contribution in [-0.4, -0.2) is 35.6 Å². The number of benzene rings is 1. The van der Waals surface area contributed by atoms with Gasteiger partial charge in [0.05, 0.1) is 12.3 Å². The second-order valence-electron chi connectivity index (χ2n) is 5.86. The summed E-state index contributed by atoms with van der Waals surface area (Å²) in [4.78, 5) is 13.7. The minimum atomic E-state index is -0.566. The van der Waals surface area contributed by atoms with Crippen molar-refractivity contribution in [3.05, 3.63) is 58.5 Å². The smallest absolute Gasteiger partial charge is 0.290 e. The van der Waals surface area contributed by atoms with Gasteiger partial charge in [-0.15, -0.1) is 11.3 Å². The van der Waals surface area contributed by atoms with Crippen molar-refractivity contribution in [3.8, 4) is 5.75 Å². The number of hydrogen-bond donors (Lipinski definition) is 3. The summed E-state index contributed by atoms with van der Waals surface area (Å²) in [7, 11) is 0. The molecule has 2 aromatic rings. The van der Waals surface area contributed by atoms with E-state index in [0.717, 1.165) is 4.88 Å². The predicted molar refractivity (Wildman–Crippen MR) is 99.0 cm³/mol. The van der Waals surface area contributed by atoms with Gasteiger partial charge < -0.3 is 25.0 Å². The van der Waals surface area contributed by atoms with E-state index in [2.05, 4.69) is 5.32 Å². The maximum Gasteiger partial charge on any atom is 0.290 e. The maximum absolute atomic E-state index is 12.6. The van der Waals surface area contributed by atoms with Crippen LogP contribution < -0.4 is 5.32 Å². The van der Waals surface area contributed by atoms with Crippen LogP contribution in [0.25, 0.3) is 0 Å². The fourth-order valence-corrected chi connectivity index (χ4v) is 3.47. The molecule has 6 nitrogen and oxygen atoms in total. The van der Waals surface area contributed by atoms with Crippen LogP contribution in [-0.2, 0) is 14.3 Å². The first-order valence-corrected chi connectivity index (χ1v) is 9.29. The Labute approximate surface area is 155 Å². The van der Waals surface area contributed by atoms with Crippen molar-refractivity contribution in [2.75, 3.05) is 18.5 Å². The van der Waals surface area contributed by atoms with E-state index in [4.69, 9.17) is 14.6 Å². The van der Waals surface area contributed by atoms with Gasteiger partial charge in [0.25, 0.3) is 5.91 Å². The van der Waals surface area contributed by atoms with Gasteiger partial charge >= 0.3 is 0 Å². The number of allylic oxidation sites excluding steroid dienone is 1. The molecule has 0 saturated heterocycles. The summed E-state index contributed by atoms with van der Waals surface area (Å²) in [6, 6.07) is 10.5. The summed E-state index contributed by atoms with van der Waals surface area (Å²) in [6.07, 6.45) is 2.32. The molecule has 0 fully saturated rings. The molecular formula is C19H21NO5S. The first-order valence-electron chi connectivity index (χ1n) is 8.41. The van der Waals surface area contributed by atoms with E-state index in [1.165, 1.54) is 6.07 Å². The van der Waals surface area contributed by atoms with Crippen LogP contribution in [0.15, 0.2) is 53.6 Å². The second-order valence-corrected chi connectivity index (χ2v) is 6.83. The number of rotatable bonds is 7. The van der Waals surface area contributed by atoms with E-state index in [0.29, 0.717) is 25.1 Å². The number of carbonyl (C=O) groups excluding carboxylic acids is 1. The molecule has 0 unspecified atom stereocenters. The zero-order valence-electron chi connectivity index (χ0n) is 14.1. The van der Waals surface area contributed by atoms with Crippen LogP contribution in [0.3, 0.4) is 0 Å². The van der Waals surface area contributed by atoms with Crippen molar-refractivity contribution in [2.24, 2.45) is 0 Å². The Hall–Kier alpha value is -2.35. The third-order valence-corrected chi connectivity index (χ3v) is 4.95. The minimum absolute atomic E-state index is 0.00740. The van der Waals surface area contributed by atoms with Gasteiger partial charge in [0.1, 0.15) is 5.75 Å². The van der Waals surface area contributed by atoms with Crippen molar-refractivity contribution in [1.82, 2.24) is 0 Å². The number of amides is 1. The summed E-state index contributed by atoms with van der Waals surface area (Å²) < 4.78 is 11.4. The summed E-state index contributed by atoms with van der Waals surface area (Å²) in [5.41, 5.74) is 0.318. The van der Waals surface area contributed by atoms with E-state index < -0.39 is 12.2 Å². The van der Waals surface area contributed by atoms with Crippen molar-refractivity contribution in [3.63, 3.8) is 0 Å². The Morgan fingerprint density at radius 3 is 2.88 bits per heavy atom. The Kier molecular flexibility index (Phi) is 6.27. The van der Waals surface area contributed by atoms with Crippen molar-refractivity contribution < 1.29 is 24.5 Å². The van der Waals surface area contributed by atoms with E-state index in [1.54, 1.807) is 35.6 Å². The third kappa shape index (κ3) is 4.63. The molecule has 1 aliphatic rings. The topological polar surface area (TPSA) is 88.0 Å². The number of ether oxygens (including phenoxy) is 2. The number of aliphatic hydroxyl groups excluding tert-OH is 1. The quantitative estimate of drug-likeness (QED) is 0.511. The van der Waals surface area contributed by atoms with Crippen molar-refractivity contribution in [2.45, 2.75) is 25.0 Å². The van der Waals surface area contributed by atoms with Crippen LogP contribution in [0.4, 0.5) is 5.69 Å². The van der Waals surface area contributed by atoms with E-state index >= 15 is 0 Å². The average molecular weight is 375 g/mol. The highest BCUT2D eigenvalue weighted by Gasteiger charge is 2.29. The second kappa shape index (κ2) is 8.84. The molecule has 1 aliphatic heterocycles. The molecule has 0 radical (unpaired) electrons. The lowest BCUT2D eigenvalue weighted by molar-refractivity contribution is -0.144. The Morgan fingerprint density at radius 2 is 2.15 bits per heavy atom. The van der Waals surface area contributed by atoms with E-state index in [9.17, 15) is 9.90 Å². The van der Waals surface area contributed by atoms with Crippen LogP contribution in [0.5, 0.6) is 5.75 Å². The zero-order chi connectivity index (χ0) is 18.4. The number of nitrogens with one attached hydrogen (secondary N) is 1. The number of carbonyl (C=O) groups is 1. The molecule has 3 rings (SSSR count). The molecule has 0 aliphatic carbocycles. The van der Waals surface area contributed by atoms with Gasteiger partial charge in [-0.2, -0.15) is 0 Å². The molecule has 7 heteroatoms. The van der Waals surface area contributed by atoms with Crippen LogP contribution in [0.2, 0.25) is 0 Å². The number of aromatic hydroxyl groups is 1. The standard InChI is InChI=1S/C19H21NO5S/c21-8-4-9-24-18-12-13(17-7-3-10-26-17)11-16(25-18)19(23)20-14-5-1-2-6-15(14)22/h1-3,5-7,10-11,13,18,21-22H,4,8-9,12H2,(H,20,23)/t13-,18+/m1/s1. The summed E-state index contributed by atoms with van der Waals surface area (Å²) in [6.45, 7) is 0.393. The SMILES string of the molecule is O=C(Nc1ccccc1O)C1=C[C@@H](c2cccs2)C[C@@H](OCCCO)O1. The zero-order valence-corrected chi connectivity index (χ0v) is 14.9. The Morgan fingerprint density at radius 1 is 1.31 bits per heavy atom. The van der Waals surface area contributed by atoms with Crippen molar-refractivity contribution >= 4 is 22.9 Å². The van der Waals surface area contributed by atoms with Crippen LogP contribution in [0.1, 0.15) is 23.6 Å². The first kappa shape index (κ1) is 18.4. The van der Waals surface area contributed by atoms with Gasteiger partial charge in [0, 0.05) is 23.8 Å². The molecule has 0 spiro atoms.